The largest absolute Gasteiger partial charge is 0.481 e. The van der Waals surface area contributed by atoms with Gasteiger partial charge in [0.05, 0.1) is 32.3 Å². The molecule has 5 aliphatic carbocycles. The number of ether oxygens (including phenoxy) is 3. The molecular formula is C40H54O12. The molecule has 0 aromatic carbocycles. The second-order valence-electron chi connectivity index (χ2n) is 16.9. The summed E-state index contributed by atoms with van der Waals surface area (Å²) in [6.45, 7) is 15.1. The molecule has 12 nitrogen and oxygen atoms in total. The highest BCUT2D eigenvalue weighted by Gasteiger charge is 2.81. The summed E-state index contributed by atoms with van der Waals surface area (Å²) in [4.78, 5) is 87.1. The number of hydrogen-bond acceptors (Lipinski definition) is 10. The summed E-state index contributed by atoms with van der Waals surface area (Å²) in [5, 5.41) is 18.1. The summed E-state index contributed by atoms with van der Waals surface area (Å²) >= 11 is 0. The molecule has 0 heterocycles. The highest BCUT2D eigenvalue weighted by molar-refractivity contribution is 6.00. The predicted octanol–water partition coefficient (Wildman–Crippen LogP) is 5.50. The normalized spacial score (nSPS) is 37.1. The number of ketones is 2. The molecule has 4 saturated carbocycles. The summed E-state index contributed by atoms with van der Waals surface area (Å²) in [6.07, 6.45) is 5.43. The van der Waals surface area contributed by atoms with Crippen molar-refractivity contribution >= 4 is 41.4 Å². The predicted molar refractivity (Wildman–Crippen MR) is 185 cm³/mol. The van der Waals surface area contributed by atoms with Gasteiger partial charge >= 0.3 is 29.8 Å². The molecule has 286 valence electrons. The van der Waals surface area contributed by atoms with E-state index >= 15 is 0 Å². The minimum absolute atomic E-state index is 0.0251. The van der Waals surface area contributed by atoms with Crippen LogP contribution in [0.2, 0.25) is 0 Å². The highest BCUT2D eigenvalue weighted by atomic mass is 16.6. The van der Waals surface area contributed by atoms with Crippen molar-refractivity contribution in [2.24, 2.45) is 57.2 Å². The molecule has 0 aromatic rings. The van der Waals surface area contributed by atoms with E-state index in [9.17, 15) is 38.7 Å². The van der Waals surface area contributed by atoms with Gasteiger partial charge in [-0.1, -0.05) is 47.3 Å². The second kappa shape index (κ2) is 14.2. The maximum Gasteiger partial charge on any atom is 0.307 e. The zero-order valence-corrected chi connectivity index (χ0v) is 31.2. The molecule has 0 aromatic heterocycles. The van der Waals surface area contributed by atoms with E-state index in [1.54, 1.807) is 13.0 Å². The van der Waals surface area contributed by atoms with Crippen LogP contribution >= 0.6 is 0 Å². The van der Waals surface area contributed by atoms with E-state index < -0.39 is 90.3 Å². The Morgan fingerprint density at radius 3 is 2.19 bits per heavy atom. The van der Waals surface area contributed by atoms with Gasteiger partial charge in [-0.15, -0.1) is 0 Å². The first kappa shape index (κ1) is 39.4. The number of rotatable bonds is 15. The smallest absolute Gasteiger partial charge is 0.307 e. The zero-order chi connectivity index (χ0) is 38.6. The molecule has 2 spiro atoms. The molecule has 0 aliphatic heterocycles. The van der Waals surface area contributed by atoms with E-state index in [0.29, 0.717) is 12.3 Å². The molecule has 5 rings (SSSR count). The number of Topliss-reactive ketones (excluding diaryl/α,β-unsaturated/α-hetero) is 1. The quantitative estimate of drug-likeness (QED) is 0.123. The summed E-state index contributed by atoms with van der Waals surface area (Å²) < 4.78 is 17.2. The van der Waals surface area contributed by atoms with Crippen molar-refractivity contribution in [3.63, 3.8) is 0 Å². The van der Waals surface area contributed by atoms with Crippen LogP contribution in [-0.2, 0) is 47.8 Å². The standard InChI is InChI=1S/C40H54O12/c1-21(19-50-32(47)12-10-30(43)44)22(2)35(49)36(52-33(48)13-11-31(45)46)24(4)34-28(51-25(5)41)18-38(7)29-9-8-26-23(3)27(42)14-15-39(26)20-40(29,39)17-16-37(34,38)6/h14-15,21,23-24,26,28-29,34,36H,2,8-13,16-20H2,1,3-7H3,(H,43,44)(H,45,46)/t21-,23-,24-,26-,28-,29-,34-,36+,37+,38-,39+,40-/m0/s1. The molecule has 5 aliphatic rings. The van der Waals surface area contributed by atoms with Gasteiger partial charge in [0.2, 0.25) is 0 Å². The van der Waals surface area contributed by atoms with Gasteiger partial charge < -0.3 is 24.4 Å². The van der Waals surface area contributed by atoms with Crippen LogP contribution in [0.25, 0.3) is 0 Å². The Morgan fingerprint density at radius 2 is 1.58 bits per heavy atom. The average Bonchev–Trinajstić information content (AvgIpc) is 3.68. The van der Waals surface area contributed by atoms with Crippen LogP contribution in [0.4, 0.5) is 0 Å². The highest BCUT2D eigenvalue weighted by Crippen LogP contribution is 2.87. The fourth-order valence-corrected chi connectivity index (χ4v) is 11.7. The summed E-state index contributed by atoms with van der Waals surface area (Å²) in [7, 11) is 0. The van der Waals surface area contributed by atoms with Gasteiger partial charge in [0, 0.05) is 30.6 Å². The van der Waals surface area contributed by atoms with Gasteiger partial charge in [0.1, 0.15) is 6.10 Å². The Labute approximate surface area is 305 Å². The van der Waals surface area contributed by atoms with Gasteiger partial charge in [-0.3, -0.25) is 33.6 Å². The molecule has 0 saturated heterocycles. The number of carbonyl (C=O) groups is 7. The number of aliphatic carboxylic acids is 2. The number of hydrogen-bond donors (Lipinski definition) is 2. The lowest BCUT2D eigenvalue weighted by Gasteiger charge is -2.61. The van der Waals surface area contributed by atoms with Crippen molar-refractivity contribution in [1.82, 2.24) is 0 Å². The topological polar surface area (TPSA) is 188 Å². The minimum Gasteiger partial charge on any atom is -0.481 e. The average molecular weight is 727 g/mol. The summed E-state index contributed by atoms with van der Waals surface area (Å²) in [6, 6.07) is 0. The van der Waals surface area contributed by atoms with Crippen LogP contribution in [0.1, 0.15) is 106 Å². The van der Waals surface area contributed by atoms with E-state index in [0.717, 1.165) is 32.1 Å². The first-order chi connectivity index (χ1) is 24.2. The number of esters is 3. The van der Waals surface area contributed by atoms with Crippen molar-refractivity contribution in [2.45, 2.75) is 118 Å². The van der Waals surface area contributed by atoms with E-state index in [-0.39, 0.29) is 52.5 Å². The lowest BCUT2D eigenvalue weighted by Crippen LogP contribution is -2.56. The Kier molecular flexibility index (Phi) is 10.7. The monoisotopic (exact) mass is 726 g/mol. The van der Waals surface area contributed by atoms with Crippen molar-refractivity contribution in [3.05, 3.63) is 24.3 Å². The van der Waals surface area contributed by atoms with Crippen LogP contribution < -0.4 is 0 Å². The van der Waals surface area contributed by atoms with Gasteiger partial charge in [0.25, 0.3) is 0 Å². The van der Waals surface area contributed by atoms with Crippen LogP contribution in [0.3, 0.4) is 0 Å². The van der Waals surface area contributed by atoms with Crippen molar-refractivity contribution < 1.29 is 58.0 Å². The van der Waals surface area contributed by atoms with E-state index in [2.05, 4.69) is 33.4 Å². The molecule has 2 N–H and O–H groups in total. The number of allylic oxidation sites excluding steroid dienone is 2. The number of fused-ring (bicyclic) bond motifs is 2. The Balaban J connectivity index is 1.45. The van der Waals surface area contributed by atoms with Gasteiger partial charge in [-0.05, 0) is 83.7 Å². The molecular weight excluding hydrogens is 672 g/mol. The lowest BCUT2D eigenvalue weighted by atomic mass is 9.43. The second-order valence-corrected chi connectivity index (χ2v) is 16.9. The molecule has 0 unspecified atom stereocenters. The summed E-state index contributed by atoms with van der Waals surface area (Å²) in [5.74, 6) is -6.11. The first-order valence-corrected chi connectivity index (χ1v) is 18.7. The van der Waals surface area contributed by atoms with Crippen molar-refractivity contribution in [3.8, 4) is 0 Å². The van der Waals surface area contributed by atoms with Crippen LogP contribution in [0.15, 0.2) is 24.3 Å². The fourth-order valence-electron chi connectivity index (χ4n) is 11.7. The minimum atomic E-state index is -1.40. The lowest BCUT2D eigenvalue weighted by molar-refractivity contribution is -0.168. The molecule has 12 atom stereocenters. The fraction of sp³-hybridized carbons (Fsp3) is 0.725. The van der Waals surface area contributed by atoms with Crippen LogP contribution in [0.5, 0.6) is 0 Å². The van der Waals surface area contributed by atoms with Gasteiger partial charge in [-0.25, -0.2) is 0 Å². The maximum atomic E-state index is 14.3. The Bertz CT molecular complexity index is 1580. The van der Waals surface area contributed by atoms with Crippen LogP contribution in [-0.4, -0.2) is 70.4 Å². The van der Waals surface area contributed by atoms with E-state index in [1.807, 2.05) is 6.92 Å². The number of carbonyl (C=O) groups excluding carboxylic acids is 5. The SMILES string of the molecule is C=C(C(=O)[C@H](OC(=O)CCC(=O)O)[C@@H](C)[C@H]1[C@@H](OC(C)=O)C[C@@]2(C)[C@@H]3CC[C@H]4[C@H](C)C(=O)C=C[C@@]45C[C@@]35CC[C@]12C)[C@@H](C)COC(=O)CCC(=O)O. The third-order valence-electron chi connectivity index (χ3n) is 14.4. The van der Waals surface area contributed by atoms with Crippen molar-refractivity contribution in [2.75, 3.05) is 6.61 Å². The third-order valence-corrected chi connectivity index (χ3v) is 14.4. The molecule has 0 amide bonds. The molecule has 0 bridgehead atoms. The molecule has 52 heavy (non-hydrogen) atoms. The Morgan fingerprint density at radius 1 is 0.942 bits per heavy atom. The van der Waals surface area contributed by atoms with Crippen LogP contribution in [0, 0.1) is 57.2 Å². The molecule has 12 heteroatoms. The zero-order valence-electron chi connectivity index (χ0n) is 31.2. The molecule has 4 fully saturated rings. The number of carboxylic acid groups (broad SMARTS) is 2. The third kappa shape index (κ3) is 6.52. The van der Waals surface area contributed by atoms with Gasteiger partial charge in [0.15, 0.2) is 17.7 Å². The first-order valence-electron chi connectivity index (χ1n) is 18.7. The Hall–Kier alpha value is -3.83. The van der Waals surface area contributed by atoms with E-state index in [1.165, 1.54) is 6.92 Å². The number of carboxylic acids is 2. The maximum absolute atomic E-state index is 14.3. The summed E-state index contributed by atoms with van der Waals surface area (Å²) in [5.41, 5.74) is -0.766. The van der Waals surface area contributed by atoms with Gasteiger partial charge in [-0.2, -0.15) is 0 Å². The van der Waals surface area contributed by atoms with E-state index in [4.69, 9.17) is 19.3 Å². The molecule has 0 radical (unpaired) electrons. The van der Waals surface area contributed by atoms with Crippen molar-refractivity contribution in [1.29, 1.82) is 0 Å².